The van der Waals surface area contributed by atoms with Gasteiger partial charge in [-0.1, -0.05) is 42.0 Å². The molecule has 1 saturated heterocycles. The highest BCUT2D eigenvalue weighted by Gasteiger charge is 2.36. The molecule has 1 amide bonds. The highest BCUT2D eigenvalue weighted by atomic mass is 16.3. The van der Waals surface area contributed by atoms with Crippen molar-refractivity contribution in [1.82, 2.24) is 4.90 Å². The Labute approximate surface area is 149 Å². The van der Waals surface area contributed by atoms with Crippen molar-refractivity contribution in [2.24, 2.45) is 0 Å². The lowest BCUT2D eigenvalue weighted by Crippen LogP contribution is -2.43. The molecule has 0 saturated carbocycles. The fourth-order valence-electron chi connectivity index (χ4n) is 3.59. The molecule has 1 unspecified atom stereocenters. The molecule has 1 atom stereocenters. The lowest BCUT2D eigenvalue weighted by molar-refractivity contribution is -0.127. The Balaban J connectivity index is 0.000000219. The molecular weight excluding hydrogens is 312 g/mol. The van der Waals surface area contributed by atoms with Gasteiger partial charge in [-0.2, -0.15) is 0 Å². The highest BCUT2D eigenvalue weighted by Crippen LogP contribution is 2.36. The van der Waals surface area contributed by atoms with Gasteiger partial charge in [-0.3, -0.25) is 4.79 Å². The fourth-order valence-corrected chi connectivity index (χ4v) is 3.59. The third kappa shape index (κ3) is 3.78. The number of aryl methyl sites for hydroxylation is 1. The number of likely N-dealkylation sites (tertiary alicyclic amines) is 1. The van der Waals surface area contributed by atoms with Crippen LogP contribution in [0.25, 0.3) is 0 Å². The summed E-state index contributed by atoms with van der Waals surface area (Å²) in [4.78, 5) is 16.1. The number of phenolic OH excluding ortho intramolecular Hbond substituents is 1. The Morgan fingerprint density at radius 1 is 1.04 bits per heavy atom. The van der Waals surface area contributed by atoms with Crippen LogP contribution in [0, 0.1) is 6.92 Å². The van der Waals surface area contributed by atoms with E-state index in [9.17, 15) is 9.90 Å². The third-order valence-corrected chi connectivity index (χ3v) is 4.98. The number of likely N-dealkylation sites (N-methyl/N-ethyl adjacent to an activating group) is 1. The summed E-state index contributed by atoms with van der Waals surface area (Å²) in [5, 5.41) is 9.91. The second-order valence-corrected chi connectivity index (χ2v) is 6.79. The van der Waals surface area contributed by atoms with E-state index in [2.05, 4.69) is 24.0 Å². The number of anilines is 1. The van der Waals surface area contributed by atoms with Gasteiger partial charge >= 0.3 is 0 Å². The molecule has 0 radical (unpaired) electrons. The van der Waals surface area contributed by atoms with E-state index in [1.165, 1.54) is 5.56 Å². The number of carbonyl (C=O) groups is 1. The molecule has 1 fully saturated rings. The first-order valence-electron chi connectivity index (χ1n) is 8.92. The van der Waals surface area contributed by atoms with E-state index in [4.69, 9.17) is 0 Å². The molecule has 2 aliphatic rings. The number of nitrogens with zero attached hydrogens (tertiary/aromatic N) is 2. The predicted molar refractivity (Wildman–Crippen MR) is 101 cm³/mol. The smallest absolute Gasteiger partial charge is 0.245 e. The van der Waals surface area contributed by atoms with Gasteiger partial charge in [0.1, 0.15) is 11.8 Å². The molecule has 0 aliphatic carbocycles. The van der Waals surface area contributed by atoms with Gasteiger partial charge in [0.15, 0.2) is 0 Å². The molecule has 2 aliphatic heterocycles. The summed E-state index contributed by atoms with van der Waals surface area (Å²) < 4.78 is 0. The first-order chi connectivity index (χ1) is 12.1. The largest absolute Gasteiger partial charge is 0.508 e. The molecule has 25 heavy (non-hydrogen) atoms. The summed E-state index contributed by atoms with van der Waals surface area (Å²) in [5.74, 6) is 0.558. The summed E-state index contributed by atoms with van der Waals surface area (Å²) in [7, 11) is 1.86. The highest BCUT2D eigenvalue weighted by molar-refractivity contribution is 5.87. The minimum absolute atomic E-state index is 0.0455. The number of hydrogen-bond donors (Lipinski definition) is 1. The Morgan fingerprint density at radius 2 is 1.80 bits per heavy atom. The van der Waals surface area contributed by atoms with Gasteiger partial charge in [-0.05, 0) is 38.3 Å². The number of amides is 1. The van der Waals surface area contributed by atoms with Crippen LogP contribution in [0.15, 0.2) is 48.5 Å². The minimum Gasteiger partial charge on any atom is -0.508 e. The number of rotatable bonds is 1. The van der Waals surface area contributed by atoms with E-state index >= 15 is 0 Å². The third-order valence-electron chi connectivity index (χ3n) is 4.98. The lowest BCUT2D eigenvalue weighted by atomic mass is 9.98. The average molecular weight is 338 g/mol. The quantitative estimate of drug-likeness (QED) is 0.867. The first kappa shape index (κ1) is 17.3. The Morgan fingerprint density at radius 3 is 2.40 bits per heavy atom. The molecule has 4 rings (SSSR count). The molecule has 4 heteroatoms. The van der Waals surface area contributed by atoms with Crippen LogP contribution in [0.2, 0.25) is 0 Å². The zero-order valence-electron chi connectivity index (χ0n) is 15.0. The predicted octanol–water partition coefficient (Wildman–Crippen LogP) is 3.37. The second-order valence-electron chi connectivity index (χ2n) is 6.79. The van der Waals surface area contributed by atoms with Crippen molar-refractivity contribution < 1.29 is 9.90 Å². The molecule has 132 valence electrons. The van der Waals surface area contributed by atoms with Crippen LogP contribution >= 0.6 is 0 Å². The molecule has 2 heterocycles. The van der Waals surface area contributed by atoms with Gasteiger partial charge in [0.25, 0.3) is 0 Å². The molecule has 1 N–H and O–H groups in total. The number of benzene rings is 2. The minimum atomic E-state index is -0.0455. The van der Waals surface area contributed by atoms with Crippen molar-refractivity contribution in [1.29, 1.82) is 0 Å². The maximum absolute atomic E-state index is 12.1. The summed E-state index contributed by atoms with van der Waals surface area (Å²) in [5.41, 5.74) is 3.35. The van der Waals surface area contributed by atoms with Gasteiger partial charge in [0.2, 0.25) is 5.91 Å². The zero-order valence-corrected chi connectivity index (χ0v) is 15.0. The van der Waals surface area contributed by atoms with E-state index in [1.807, 2.05) is 37.4 Å². The fraction of sp³-hybridized carbons (Fsp3) is 0.381. The van der Waals surface area contributed by atoms with Crippen LogP contribution in [0.3, 0.4) is 0 Å². The Kier molecular flexibility index (Phi) is 5.27. The maximum Gasteiger partial charge on any atom is 0.245 e. The standard InChI is InChI=1S/C14H18N2O2.C7H8/c1-15-9-7-12(14(15)18)16-8-3-4-10-11(16)5-2-6-13(10)17;1-7-5-3-2-4-6-7/h2,5-6,12,17H,3-4,7-9H2,1H3;2-6H,1H3. The van der Waals surface area contributed by atoms with Crippen molar-refractivity contribution in [2.75, 3.05) is 25.0 Å². The normalized spacial score (nSPS) is 19.3. The number of fused-ring (bicyclic) bond motifs is 1. The molecule has 0 spiro atoms. The van der Waals surface area contributed by atoms with Crippen LogP contribution in [0.5, 0.6) is 5.75 Å². The Bertz CT molecular complexity index is 730. The van der Waals surface area contributed by atoms with E-state index in [0.29, 0.717) is 5.75 Å². The number of aromatic hydroxyl groups is 1. The first-order valence-corrected chi connectivity index (χ1v) is 8.92. The van der Waals surface area contributed by atoms with Crippen LogP contribution < -0.4 is 4.90 Å². The second kappa shape index (κ2) is 7.60. The van der Waals surface area contributed by atoms with Gasteiger partial charge in [0, 0.05) is 31.4 Å². The van der Waals surface area contributed by atoms with Gasteiger partial charge in [-0.15, -0.1) is 0 Å². The molecule has 2 aromatic carbocycles. The van der Waals surface area contributed by atoms with E-state index in [0.717, 1.165) is 43.6 Å². The van der Waals surface area contributed by atoms with E-state index < -0.39 is 0 Å². The van der Waals surface area contributed by atoms with Crippen molar-refractivity contribution in [3.63, 3.8) is 0 Å². The molecule has 0 aromatic heterocycles. The molecule has 2 aromatic rings. The van der Waals surface area contributed by atoms with Crippen LogP contribution in [-0.4, -0.2) is 42.1 Å². The molecule has 0 bridgehead atoms. The van der Waals surface area contributed by atoms with Gasteiger partial charge in [0.05, 0.1) is 0 Å². The van der Waals surface area contributed by atoms with E-state index in [-0.39, 0.29) is 11.9 Å². The Hall–Kier alpha value is -2.49. The average Bonchev–Trinajstić information content (AvgIpc) is 2.95. The SMILES string of the molecule is CN1CCC(N2CCCc3c(O)cccc32)C1=O.Cc1ccccc1. The lowest BCUT2D eigenvalue weighted by Gasteiger charge is -2.35. The summed E-state index contributed by atoms with van der Waals surface area (Å²) >= 11 is 0. The zero-order chi connectivity index (χ0) is 17.8. The molecule has 4 nitrogen and oxygen atoms in total. The maximum atomic E-state index is 12.1. The van der Waals surface area contributed by atoms with Crippen LogP contribution in [0.1, 0.15) is 24.0 Å². The van der Waals surface area contributed by atoms with Crippen molar-refractivity contribution in [2.45, 2.75) is 32.2 Å². The van der Waals surface area contributed by atoms with Gasteiger partial charge in [-0.25, -0.2) is 0 Å². The number of phenols is 1. The van der Waals surface area contributed by atoms with Crippen molar-refractivity contribution >= 4 is 11.6 Å². The van der Waals surface area contributed by atoms with Crippen molar-refractivity contribution in [3.05, 3.63) is 59.7 Å². The topological polar surface area (TPSA) is 43.8 Å². The van der Waals surface area contributed by atoms with Crippen LogP contribution in [-0.2, 0) is 11.2 Å². The molecular formula is C21H26N2O2. The summed E-state index contributed by atoms with van der Waals surface area (Å²) in [6.07, 6.45) is 2.78. The number of carbonyl (C=O) groups excluding carboxylic acids is 1. The van der Waals surface area contributed by atoms with Gasteiger partial charge < -0.3 is 14.9 Å². The monoisotopic (exact) mass is 338 g/mol. The summed E-state index contributed by atoms with van der Waals surface area (Å²) in [6, 6.07) is 15.8. The van der Waals surface area contributed by atoms with Crippen LogP contribution in [0.4, 0.5) is 5.69 Å². The van der Waals surface area contributed by atoms with E-state index in [1.54, 1.807) is 11.0 Å². The summed E-state index contributed by atoms with van der Waals surface area (Å²) in [6.45, 7) is 3.81. The van der Waals surface area contributed by atoms with Crippen molar-refractivity contribution in [3.8, 4) is 5.75 Å². The number of hydrogen-bond acceptors (Lipinski definition) is 3.